The molecule has 1 radical (unpaired) electrons. The summed E-state index contributed by atoms with van der Waals surface area (Å²) in [5.74, 6) is 2.04. The molecule has 0 spiro atoms. The van der Waals surface area contributed by atoms with E-state index >= 15 is 0 Å². The van der Waals surface area contributed by atoms with Crippen molar-refractivity contribution in [3.63, 3.8) is 0 Å². The van der Waals surface area contributed by atoms with Crippen LogP contribution in [0.4, 0.5) is 0 Å². The van der Waals surface area contributed by atoms with E-state index in [-0.39, 0.29) is 39.3 Å². The van der Waals surface area contributed by atoms with Crippen molar-refractivity contribution in [2.24, 2.45) is 0 Å². The zero-order valence-corrected chi connectivity index (χ0v) is 27.4. The molecule has 221 valence electrons. The molecule has 0 amide bonds. The van der Waals surface area contributed by atoms with E-state index in [4.69, 9.17) is 14.2 Å². The monoisotopic (exact) mass is 655 g/mol. The van der Waals surface area contributed by atoms with Crippen molar-refractivity contribution in [1.82, 2.24) is 19.5 Å². The molecule has 0 saturated carbocycles. The number of nitrogens with zero attached hydrogens (tertiary/aromatic N) is 4. The summed E-state index contributed by atoms with van der Waals surface area (Å²) in [6, 6.07) is 25.3. The quantitative estimate of drug-likeness (QED) is 0.150. The van der Waals surface area contributed by atoms with E-state index < -0.39 is 17.8 Å². The number of fused-ring (bicyclic) bond motifs is 1. The number of hydrogen-bond donors (Lipinski definition) is 2. The third kappa shape index (κ3) is 6.92. The number of imidazole rings is 1. The van der Waals surface area contributed by atoms with Crippen LogP contribution in [0.5, 0.6) is 11.5 Å². The number of methoxy groups -OCH3 is 2. The molecule has 2 heterocycles. The summed E-state index contributed by atoms with van der Waals surface area (Å²) in [6.45, 7) is 5.14. The first-order valence-electron chi connectivity index (χ1n) is 13.6. The summed E-state index contributed by atoms with van der Waals surface area (Å²) in [6.07, 6.45) is 0.615. The fourth-order valence-corrected chi connectivity index (χ4v) is 5.04. The number of aliphatic hydroxyl groups excluding tert-OH is 2. The molecule has 0 fully saturated rings. The van der Waals surface area contributed by atoms with Gasteiger partial charge in [-0.05, 0) is 67.2 Å². The van der Waals surface area contributed by atoms with Gasteiger partial charge in [-0.15, -0.1) is 0 Å². The average molecular weight is 656 g/mol. The first-order chi connectivity index (χ1) is 20.3. The minimum Gasteiger partial charge on any atom is -0.497 e. The maximum Gasteiger partial charge on any atom is 0.140 e. The van der Waals surface area contributed by atoms with Gasteiger partial charge in [0.1, 0.15) is 22.9 Å². The number of aromatic nitrogens is 4. The SMILES string of the molecule is COc1ccc(C(OC[CH-][C@@H](O)[C@@H](O)[CH-]n2cnc3c(C)nc(C)nc32)(c2ccccc2)c2ccc(OC)cc2)cc1.[Y]. The van der Waals surface area contributed by atoms with E-state index in [1.807, 2.05) is 85.8 Å². The summed E-state index contributed by atoms with van der Waals surface area (Å²) in [7, 11) is 3.25. The van der Waals surface area contributed by atoms with Crippen LogP contribution in [-0.4, -0.2) is 62.8 Å². The third-order valence-corrected chi connectivity index (χ3v) is 7.18. The Labute approximate surface area is 276 Å². The number of benzene rings is 3. The summed E-state index contributed by atoms with van der Waals surface area (Å²) in [5, 5.41) is 21.8. The smallest absolute Gasteiger partial charge is 0.140 e. The number of aryl methyl sites for hydroxylation is 2. The Balaban J connectivity index is 0.00000423. The van der Waals surface area contributed by atoms with Crippen LogP contribution >= 0.6 is 0 Å². The molecule has 2 aromatic heterocycles. The van der Waals surface area contributed by atoms with Gasteiger partial charge in [0.25, 0.3) is 0 Å². The van der Waals surface area contributed by atoms with E-state index in [1.54, 1.807) is 32.0 Å². The van der Waals surface area contributed by atoms with Crippen LogP contribution in [0.15, 0.2) is 85.2 Å². The number of rotatable bonds is 12. The minimum absolute atomic E-state index is 0. The van der Waals surface area contributed by atoms with Crippen molar-refractivity contribution in [1.29, 1.82) is 0 Å². The molecule has 0 unspecified atom stereocenters. The van der Waals surface area contributed by atoms with Crippen LogP contribution in [-0.2, 0) is 43.0 Å². The Morgan fingerprint density at radius 2 is 1.35 bits per heavy atom. The topological polar surface area (TPSA) is 112 Å². The first kappa shape index (κ1) is 32.6. The second kappa shape index (κ2) is 14.4. The Bertz CT molecular complexity index is 1560. The zero-order chi connectivity index (χ0) is 29.7. The molecule has 9 nitrogen and oxygen atoms in total. The van der Waals surface area contributed by atoms with Gasteiger partial charge in [-0.1, -0.05) is 67.7 Å². The molecule has 0 saturated heterocycles. The fourth-order valence-electron chi connectivity index (χ4n) is 5.04. The maximum atomic E-state index is 10.9. The predicted molar refractivity (Wildman–Crippen MR) is 159 cm³/mol. The van der Waals surface area contributed by atoms with Crippen molar-refractivity contribution < 1.29 is 57.1 Å². The van der Waals surface area contributed by atoms with Crippen molar-refractivity contribution in [3.8, 4) is 11.5 Å². The molecule has 2 N–H and O–H groups in total. The molecule has 5 aromatic rings. The largest absolute Gasteiger partial charge is 0.497 e. The van der Waals surface area contributed by atoms with Crippen molar-refractivity contribution >= 4 is 11.2 Å². The molecule has 5 rings (SSSR count). The van der Waals surface area contributed by atoms with Gasteiger partial charge in [-0.25, -0.2) is 4.98 Å². The van der Waals surface area contributed by atoms with Gasteiger partial charge in [0.15, 0.2) is 0 Å². The van der Waals surface area contributed by atoms with Gasteiger partial charge >= 0.3 is 0 Å². The average Bonchev–Trinajstić information content (AvgIpc) is 3.42. The molecule has 3 aromatic carbocycles. The van der Waals surface area contributed by atoms with E-state index in [0.29, 0.717) is 17.0 Å². The molecule has 10 heteroatoms. The number of ether oxygens (including phenoxy) is 3. The van der Waals surface area contributed by atoms with E-state index in [9.17, 15) is 10.2 Å². The molecular weight excluding hydrogens is 621 g/mol. The Kier molecular flexibility index (Phi) is 10.9. The normalized spacial score (nSPS) is 12.8. The van der Waals surface area contributed by atoms with Gasteiger partial charge in [0.2, 0.25) is 0 Å². The van der Waals surface area contributed by atoms with E-state index in [0.717, 1.165) is 33.9 Å². The van der Waals surface area contributed by atoms with Crippen LogP contribution in [0.25, 0.3) is 11.2 Å². The van der Waals surface area contributed by atoms with Gasteiger partial charge in [-0.2, -0.15) is 0 Å². The fraction of sp³-hybridized carbons (Fsp3) is 0.242. The summed E-state index contributed by atoms with van der Waals surface area (Å²) >= 11 is 0. The first-order valence-corrected chi connectivity index (χ1v) is 13.6. The molecule has 0 bridgehead atoms. The molecular formula is C33H34N4O5Y-2. The van der Waals surface area contributed by atoms with Crippen LogP contribution in [0.1, 0.15) is 28.2 Å². The van der Waals surface area contributed by atoms with E-state index in [1.165, 1.54) is 13.0 Å². The van der Waals surface area contributed by atoms with Crippen LogP contribution in [0.2, 0.25) is 0 Å². The van der Waals surface area contributed by atoms with Gasteiger partial charge in [-0.3, -0.25) is 11.4 Å². The second-order valence-electron chi connectivity index (χ2n) is 9.86. The zero-order valence-electron chi connectivity index (χ0n) is 24.6. The number of hydrogen-bond acceptors (Lipinski definition) is 8. The van der Waals surface area contributed by atoms with Crippen LogP contribution in [0, 0.1) is 26.8 Å². The molecule has 0 aliphatic rings. The molecule has 2 atom stereocenters. The third-order valence-electron chi connectivity index (χ3n) is 7.18. The number of aliphatic hydroxyl groups is 2. The predicted octanol–water partition coefficient (Wildman–Crippen LogP) is 4.40. The maximum absolute atomic E-state index is 10.9. The molecule has 0 aliphatic carbocycles. The minimum atomic E-state index is -1.24. The van der Waals surface area contributed by atoms with Gasteiger partial charge in [0, 0.05) is 38.8 Å². The summed E-state index contributed by atoms with van der Waals surface area (Å²) in [5.41, 5.74) is 3.52. The van der Waals surface area contributed by atoms with Crippen LogP contribution < -0.4 is 9.47 Å². The summed E-state index contributed by atoms with van der Waals surface area (Å²) < 4.78 is 19.1. The standard InChI is InChI=1S/C33H34N4O5.Y/c1-22-31-32(36-23(2)35-22)37(21-34-31)20-30(39)29(38)18-19-42-33(24-8-6-5-7-9-24,25-10-14-27(40-3)15-11-25)26-12-16-28(41-4)17-13-26;/h5-18,20-21,29-30,38-39H,19H2,1-4H3;/q-2;/t29-,30+;/m1./s1. The van der Waals surface area contributed by atoms with Gasteiger partial charge in [0.05, 0.1) is 31.1 Å². The Morgan fingerprint density at radius 1 is 0.791 bits per heavy atom. The second-order valence-corrected chi connectivity index (χ2v) is 9.86. The summed E-state index contributed by atoms with van der Waals surface area (Å²) in [4.78, 5) is 13.1. The van der Waals surface area contributed by atoms with Crippen molar-refractivity contribution in [2.45, 2.75) is 31.7 Å². The Morgan fingerprint density at radius 3 is 1.91 bits per heavy atom. The van der Waals surface area contributed by atoms with Crippen molar-refractivity contribution in [3.05, 3.63) is 126 Å². The molecule has 0 aliphatic heterocycles. The van der Waals surface area contributed by atoms with Crippen molar-refractivity contribution in [2.75, 3.05) is 20.8 Å². The molecule has 43 heavy (non-hydrogen) atoms. The Hall–Kier alpha value is -3.34. The van der Waals surface area contributed by atoms with E-state index in [2.05, 4.69) is 15.0 Å². The van der Waals surface area contributed by atoms with Crippen LogP contribution in [0.3, 0.4) is 0 Å². The van der Waals surface area contributed by atoms with Gasteiger partial charge < -0.3 is 34.0 Å².